The van der Waals surface area contributed by atoms with E-state index in [1.807, 2.05) is 17.3 Å². The fourth-order valence-corrected chi connectivity index (χ4v) is 3.64. The molecule has 2 N–H and O–H groups in total. The van der Waals surface area contributed by atoms with Crippen LogP contribution in [0, 0.1) is 11.2 Å². The largest absolute Gasteiger partial charge is 0.396 e. The van der Waals surface area contributed by atoms with E-state index in [-0.39, 0.29) is 12.4 Å². The first kappa shape index (κ1) is 18.7. The lowest BCUT2D eigenvalue weighted by molar-refractivity contribution is -0.0294. The van der Waals surface area contributed by atoms with Gasteiger partial charge in [0.15, 0.2) is 0 Å². The number of nitrogens with zero attached hydrogens (tertiary/aromatic N) is 3. The molecule has 5 nitrogen and oxygen atoms in total. The Labute approximate surface area is 153 Å². The number of halogens is 1. The number of aryl methyl sites for hydroxylation is 1. The lowest BCUT2D eigenvalue weighted by Gasteiger charge is -2.45. The predicted molar refractivity (Wildman–Crippen MR) is 98.5 cm³/mol. The molecule has 1 fully saturated rings. The molecule has 2 aromatic rings. The highest BCUT2D eigenvalue weighted by Crippen LogP contribution is 2.35. The Bertz CT molecular complexity index is 708. The van der Waals surface area contributed by atoms with Gasteiger partial charge in [-0.05, 0) is 42.5 Å². The summed E-state index contributed by atoms with van der Waals surface area (Å²) in [4.78, 5) is 10.9. The monoisotopic (exact) mass is 359 g/mol. The second-order valence-corrected chi connectivity index (χ2v) is 7.19. The first-order valence-electron chi connectivity index (χ1n) is 9.15. The molecule has 1 aromatic carbocycles. The highest BCUT2D eigenvalue weighted by atomic mass is 19.1. The summed E-state index contributed by atoms with van der Waals surface area (Å²) in [5.74, 6) is 0.326. The average Bonchev–Trinajstić information content (AvgIpc) is 2.66. The molecule has 0 saturated carbocycles. The van der Waals surface area contributed by atoms with Crippen LogP contribution in [0.15, 0.2) is 36.7 Å². The van der Waals surface area contributed by atoms with Crippen LogP contribution in [-0.4, -0.2) is 46.0 Å². The summed E-state index contributed by atoms with van der Waals surface area (Å²) in [5.41, 5.74) is 1.27. The van der Waals surface area contributed by atoms with Crippen molar-refractivity contribution in [3.63, 3.8) is 0 Å². The van der Waals surface area contributed by atoms with E-state index in [2.05, 4.69) is 16.9 Å². The topological polar surface area (TPSA) is 69.5 Å². The zero-order chi connectivity index (χ0) is 18.6. The Hall–Kier alpha value is -2.05. The zero-order valence-electron chi connectivity index (χ0n) is 15.1. The van der Waals surface area contributed by atoms with E-state index in [0.29, 0.717) is 31.9 Å². The lowest BCUT2D eigenvalue weighted by atomic mass is 9.73. The molecule has 2 atom stereocenters. The summed E-state index contributed by atoms with van der Waals surface area (Å²) in [6.07, 6.45) is 6.05. The van der Waals surface area contributed by atoms with Gasteiger partial charge < -0.3 is 15.1 Å². The first-order valence-corrected chi connectivity index (χ1v) is 9.15. The SMILES string of the molecule is CCCc1cnc(N2CC[C@H](O)[C@@](CO)(Cc3ccc(F)cc3)C2)nc1. The van der Waals surface area contributed by atoms with Crippen molar-refractivity contribution in [3.8, 4) is 0 Å². The number of hydrogen-bond donors (Lipinski definition) is 2. The van der Waals surface area contributed by atoms with Crippen molar-refractivity contribution in [2.24, 2.45) is 5.41 Å². The Kier molecular flexibility index (Phi) is 5.84. The molecule has 0 aliphatic carbocycles. The fraction of sp³-hybridized carbons (Fsp3) is 0.500. The minimum Gasteiger partial charge on any atom is -0.396 e. The van der Waals surface area contributed by atoms with E-state index in [1.165, 1.54) is 12.1 Å². The van der Waals surface area contributed by atoms with Crippen molar-refractivity contribution in [2.45, 2.75) is 38.7 Å². The first-order chi connectivity index (χ1) is 12.6. The Morgan fingerprint density at radius 1 is 1.19 bits per heavy atom. The van der Waals surface area contributed by atoms with Gasteiger partial charge in [0.05, 0.1) is 12.7 Å². The molecule has 0 spiro atoms. The van der Waals surface area contributed by atoms with E-state index in [4.69, 9.17) is 0 Å². The number of aliphatic hydroxyl groups is 2. The molecule has 6 heteroatoms. The maximum atomic E-state index is 13.2. The average molecular weight is 359 g/mol. The Morgan fingerprint density at radius 2 is 1.88 bits per heavy atom. The summed E-state index contributed by atoms with van der Waals surface area (Å²) in [6, 6.07) is 6.22. The minimum atomic E-state index is -0.721. The normalized spacial score (nSPS) is 23.2. The van der Waals surface area contributed by atoms with Crippen LogP contribution in [0.4, 0.5) is 10.3 Å². The van der Waals surface area contributed by atoms with Crippen molar-refractivity contribution in [1.82, 2.24) is 9.97 Å². The number of aliphatic hydroxyl groups excluding tert-OH is 2. The van der Waals surface area contributed by atoms with Crippen molar-refractivity contribution < 1.29 is 14.6 Å². The number of anilines is 1. The van der Waals surface area contributed by atoms with E-state index in [9.17, 15) is 14.6 Å². The molecular weight excluding hydrogens is 333 g/mol. The van der Waals surface area contributed by atoms with Crippen LogP contribution < -0.4 is 4.90 Å². The number of aromatic nitrogens is 2. The fourth-order valence-electron chi connectivity index (χ4n) is 3.64. The van der Waals surface area contributed by atoms with Crippen LogP contribution in [-0.2, 0) is 12.8 Å². The highest BCUT2D eigenvalue weighted by Gasteiger charge is 2.43. The van der Waals surface area contributed by atoms with Gasteiger partial charge in [0, 0.05) is 30.9 Å². The molecule has 1 aliphatic rings. The van der Waals surface area contributed by atoms with Gasteiger partial charge in [-0.3, -0.25) is 0 Å². The maximum Gasteiger partial charge on any atom is 0.225 e. The predicted octanol–water partition coefficient (Wildman–Crippen LogP) is 2.36. The maximum absolute atomic E-state index is 13.2. The third-order valence-corrected chi connectivity index (χ3v) is 5.18. The van der Waals surface area contributed by atoms with Crippen LogP contribution in [0.25, 0.3) is 0 Å². The van der Waals surface area contributed by atoms with Crippen LogP contribution in [0.3, 0.4) is 0 Å². The summed E-state index contributed by atoms with van der Waals surface area (Å²) in [5, 5.41) is 20.7. The molecule has 0 amide bonds. The van der Waals surface area contributed by atoms with Gasteiger partial charge in [-0.25, -0.2) is 14.4 Å². The van der Waals surface area contributed by atoms with Gasteiger partial charge in [0.1, 0.15) is 5.82 Å². The summed E-state index contributed by atoms with van der Waals surface area (Å²) in [7, 11) is 0. The van der Waals surface area contributed by atoms with Crippen LogP contribution in [0.1, 0.15) is 30.9 Å². The van der Waals surface area contributed by atoms with Crippen molar-refractivity contribution in [2.75, 3.05) is 24.6 Å². The third-order valence-electron chi connectivity index (χ3n) is 5.18. The van der Waals surface area contributed by atoms with Gasteiger partial charge >= 0.3 is 0 Å². The molecule has 26 heavy (non-hydrogen) atoms. The number of benzene rings is 1. The van der Waals surface area contributed by atoms with E-state index in [0.717, 1.165) is 24.0 Å². The standard InChI is InChI=1S/C20H26FN3O2/c1-2-3-16-11-22-19(23-12-16)24-9-8-18(26)20(13-24,14-25)10-15-4-6-17(21)7-5-15/h4-7,11-12,18,25-26H,2-3,8-10,13-14H2,1H3/t18-,20-/m0/s1. The molecule has 1 saturated heterocycles. The quantitative estimate of drug-likeness (QED) is 0.829. The molecule has 0 unspecified atom stereocenters. The second kappa shape index (κ2) is 8.10. The zero-order valence-corrected chi connectivity index (χ0v) is 15.1. The minimum absolute atomic E-state index is 0.157. The molecule has 0 bridgehead atoms. The van der Waals surface area contributed by atoms with E-state index >= 15 is 0 Å². The summed E-state index contributed by atoms with van der Waals surface area (Å²) >= 11 is 0. The summed E-state index contributed by atoms with van der Waals surface area (Å²) in [6.45, 7) is 3.05. The van der Waals surface area contributed by atoms with Crippen LogP contribution in [0.5, 0.6) is 0 Å². The molecule has 3 rings (SSSR count). The molecule has 2 heterocycles. The number of hydrogen-bond acceptors (Lipinski definition) is 5. The molecule has 0 radical (unpaired) electrons. The summed E-state index contributed by atoms with van der Waals surface area (Å²) < 4.78 is 13.2. The van der Waals surface area contributed by atoms with Crippen molar-refractivity contribution >= 4 is 5.95 Å². The van der Waals surface area contributed by atoms with Gasteiger partial charge in [-0.1, -0.05) is 25.5 Å². The Balaban J connectivity index is 1.79. The number of rotatable bonds is 6. The third kappa shape index (κ3) is 4.02. The van der Waals surface area contributed by atoms with Gasteiger partial charge in [-0.2, -0.15) is 0 Å². The van der Waals surface area contributed by atoms with Crippen molar-refractivity contribution in [1.29, 1.82) is 0 Å². The molecule has 140 valence electrons. The molecule has 1 aliphatic heterocycles. The lowest BCUT2D eigenvalue weighted by Crippen LogP contribution is -2.55. The smallest absolute Gasteiger partial charge is 0.225 e. The molecular formula is C20H26FN3O2. The van der Waals surface area contributed by atoms with Gasteiger partial charge in [-0.15, -0.1) is 0 Å². The van der Waals surface area contributed by atoms with Gasteiger partial charge in [0.2, 0.25) is 5.95 Å². The van der Waals surface area contributed by atoms with E-state index < -0.39 is 11.5 Å². The Morgan fingerprint density at radius 3 is 2.50 bits per heavy atom. The van der Waals surface area contributed by atoms with E-state index in [1.54, 1.807) is 12.1 Å². The van der Waals surface area contributed by atoms with Gasteiger partial charge in [0.25, 0.3) is 0 Å². The van der Waals surface area contributed by atoms with Crippen molar-refractivity contribution in [3.05, 3.63) is 53.6 Å². The van der Waals surface area contributed by atoms with Crippen LogP contribution >= 0.6 is 0 Å². The highest BCUT2D eigenvalue weighted by molar-refractivity contribution is 5.33. The number of piperidine rings is 1. The molecule has 1 aromatic heterocycles. The second-order valence-electron chi connectivity index (χ2n) is 7.19. The van der Waals surface area contributed by atoms with Crippen LogP contribution in [0.2, 0.25) is 0 Å².